The summed E-state index contributed by atoms with van der Waals surface area (Å²) < 4.78 is 10.8. The number of methoxy groups -OCH3 is 2. The lowest BCUT2D eigenvalue weighted by Gasteiger charge is -2.21. The summed E-state index contributed by atoms with van der Waals surface area (Å²) in [5.74, 6) is 3.21. The van der Waals surface area contributed by atoms with Crippen LogP contribution >= 0.6 is 24.0 Å². The predicted molar refractivity (Wildman–Crippen MR) is 120 cm³/mol. The summed E-state index contributed by atoms with van der Waals surface area (Å²) in [6.45, 7) is 7.34. The van der Waals surface area contributed by atoms with Gasteiger partial charge in [-0.15, -0.1) is 24.0 Å². The van der Waals surface area contributed by atoms with Gasteiger partial charge in [-0.1, -0.05) is 13.8 Å². The highest BCUT2D eigenvalue weighted by Crippen LogP contribution is 2.30. The summed E-state index contributed by atoms with van der Waals surface area (Å²) in [6.07, 6.45) is 2.21. The Balaban J connectivity index is 0.00000338. The molecule has 1 saturated heterocycles. The first-order chi connectivity index (χ1) is 12.0. The fourth-order valence-corrected chi connectivity index (χ4v) is 2.95. The average Bonchev–Trinajstić information content (AvgIpc) is 3.08. The average molecular weight is 476 g/mol. The van der Waals surface area contributed by atoms with E-state index in [4.69, 9.17) is 9.47 Å². The molecule has 1 aromatic carbocycles. The molecule has 7 heteroatoms. The van der Waals surface area contributed by atoms with Crippen LogP contribution in [0.2, 0.25) is 0 Å². The van der Waals surface area contributed by atoms with E-state index in [2.05, 4.69) is 46.5 Å². The van der Waals surface area contributed by atoms with E-state index in [-0.39, 0.29) is 24.0 Å². The standard InChI is InChI=1S/C19H32N4O2.HI/c1-14(2)6-8-21-19(20-3)22-15-7-9-23(13-15)16-10-17(24-4)12-18(11-16)25-5;/h10-12,14-15H,6-9,13H2,1-5H3,(H2,20,21,22);1H. The molecular weight excluding hydrogens is 443 g/mol. The van der Waals surface area contributed by atoms with Gasteiger partial charge < -0.3 is 25.0 Å². The van der Waals surface area contributed by atoms with Gasteiger partial charge in [0.05, 0.1) is 14.2 Å². The van der Waals surface area contributed by atoms with Gasteiger partial charge in [-0.05, 0) is 18.8 Å². The SMILES string of the molecule is CN=C(NCCC(C)C)NC1CCN(c2cc(OC)cc(OC)c2)C1.I. The Morgan fingerprint density at radius 2 is 1.88 bits per heavy atom. The lowest BCUT2D eigenvalue weighted by atomic mass is 10.1. The summed E-state index contributed by atoms with van der Waals surface area (Å²) >= 11 is 0. The molecule has 0 radical (unpaired) electrons. The molecule has 0 saturated carbocycles. The van der Waals surface area contributed by atoms with Crippen molar-refractivity contribution in [1.29, 1.82) is 0 Å². The number of nitrogens with zero attached hydrogens (tertiary/aromatic N) is 2. The second-order valence-corrected chi connectivity index (χ2v) is 6.83. The van der Waals surface area contributed by atoms with Gasteiger partial charge in [0, 0.05) is 56.6 Å². The molecule has 1 aliphatic heterocycles. The van der Waals surface area contributed by atoms with E-state index in [9.17, 15) is 0 Å². The van der Waals surface area contributed by atoms with E-state index >= 15 is 0 Å². The Morgan fingerprint density at radius 3 is 2.42 bits per heavy atom. The molecule has 2 N–H and O–H groups in total. The number of anilines is 1. The van der Waals surface area contributed by atoms with Crippen molar-refractivity contribution < 1.29 is 9.47 Å². The molecule has 6 nitrogen and oxygen atoms in total. The highest BCUT2D eigenvalue weighted by Gasteiger charge is 2.24. The molecule has 0 spiro atoms. The molecule has 2 rings (SSSR count). The van der Waals surface area contributed by atoms with Crippen molar-refractivity contribution in [3.05, 3.63) is 18.2 Å². The quantitative estimate of drug-likeness (QED) is 0.360. The number of hydrogen-bond donors (Lipinski definition) is 2. The van der Waals surface area contributed by atoms with Gasteiger partial charge in [0.1, 0.15) is 11.5 Å². The van der Waals surface area contributed by atoms with Gasteiger partial charge in [-0.3, -0.25) is 4.99 Å². The maximum atomic E-state index is 5.38. The molecule has 1 heterocycles. The van der Waals surface area contributed by atoms with Gasteiger partial charge in [0.25, 0.3) is 0 Å². The second-order valence-electron chi connectivity index (χ2n) is 6.83. The highest BCUT2D eigenvalue weighted by atomic mass is 127. The first-order valence-electron chi connectivity index (χ1n) is 9.01. The topological polar surface area (TPSA) is 58.1 Å². The number of aliphatic imine (C=N–C) groups is 1. The maximum Gasteiger partial charge on any atom is 0.191 e. The van der Waals surface area contributed by atoms with E-state index in [1.807, 2.05) is 13.1 Å². The van der Waals surface area contributed by atoms with Crippen LogP contribution in [-0.2, 0) is 0 Å². The number of rotatable bonds is 7. The second kappa shape index (κ2) is 11.4. The Bertz CT molecular complexity index is 558. The number of halogens is 1. The third-order valence-corrected chi connectivity index (χ3v) is 4.47. The van der Waals surface area contributed by atoms with Gasteiger partial charge >= 0.3 is 0 Å². The van der Waals surface area contributed by atoms with Crippen LogP contribution in [0.5, 0.6) is 11.5 Å². The summed E-state index contributed by atoms with van der Waals surface area (Å²) in [5.41, 5.74) is 1.13. The number of nitrogens with one attached hydrogen (secondary N) is 2. The van der Waals surface area contributed by atoms with Crippen molar-refractivity contribution in [3.63, 3.8) is 0 Å². The smallest absolute Gasteiger partial charge is 0.191 e. The Morgan fingerprint density at radius 1 is 1.23 bits per heavy atom. The van der Waals surface area contributed by atoms with Crippen molar-refractivity contribution in [3.8, 4) is 11.5 Å². The molecule has 1 atom stereocenters. The van der Waals surface area contributed by atoms with Crippen molar-refractivity contribution in [1.82, 2.24) is 10.6 Å². The third-order valence-electron chi connectivity index (χ3n) is 4.47. The van der Waals surface area contributed by atoms with Gasteiger partial charge in [0.15, 0.2) is 5.96 Å². The lowest BCUT2D eigenvalue weighted by molar-refractivity contribution is 0.394. The van der Waals surface area contributed by atoms with Crippen LogP contribution in [0.15, 0.2) is 23.2 Å². The zero-order chi connectivity index (χ0) is 18.2. The third kappa shape index (κ3) is 6.74. The van der Waals surface area contributed by atoms with Crippen molar-refractivity contribution in [2.75, 3.05) is 45.8 Å². The Kier molecular flexibility index (Phi) is 9.90. The van der Waals surface area contributed by atoms with Gasteiger partial charge in [-0.2, -0.15) is 0 Å². The van der Waals surface area contributed by atoms with Crippen LogP contribution in [0.4, 0.5) is 5.69 Å². The number of ether oxygens (including phenoxy) is 2. The minimum absolute atomic E-state index is 0. The molecule has 0 amide bonds. The van der Waals surface area contributed by atoms with E-state index in [1.165, 1.54) is 0 Å². The Hall–Kier alpha value is -1.38. The molecule has 1 unspecified atom stereocenters. The number of hydrogen-bond acceptors (Lipinski definition) is 4. The van der Waals surface area contributed by atoms with Crippen LogP contribution in [-0.4, -0.2) is 52.9 Å². The lowest BCUT2D eigenvalue weighted by Crippen LogP contribution is -2.45. The number of benzene rings is 1. The molecule has 0 aliphatic carbocycles. The Labute approximate surface area is 174 Å². The fraction of sp³-hybridized carbons (Fsp3) is 0.632. The molecule has 1 aliphatic rings. The van der Waals surface area contributed by atoms with Gasteiger partial charge in [0.2, 0.25) is 0 Å². The molecule has 26 heavy (non-hydrogen) atoms. The van der Waals surface area contributed by atoms with Crippen LogP contribution in [0.1, 0.15) is 26.7 Å². The van der Waals surface area contributed by atoms with Crippen LogP contribution in [0, 0.1) is 5.92 Å². The van der Waals surface area contributed by atoms with E-state index in [0.29, 0.717) is 12.0 Å². The van der Waals surface area contributed by atoms with E-state index in [1.54, 1.807) is 14.2 Å². The minimum Gasteiger partial charge on any atom is -0.497 e. The summed E-state index contributed by atoms with van der Waals surface area (Å²) in [5, 5.41) is 6.93. The van der Waals surface area contributed by atoms with Crippen molar-refractivity contribution in [2.45, 2.75) is 32.7 Å². The summed E-state index contributed by atoms with van der Waals surface area (Å²) in [7, 11) is 5.18. The maximum absolute atomic E-state index is 5.38. The van der Waals surface area contributed by atoms with Crippen LogP contribution < -0.4 is 25.0 Å². The fourth-order valence-electron chi connectivity index (χ4n) is 2.95. The predicted octanol–water partition coefficient (Wildman–Crippen LogP) is 3.11. The first-order valence-corrected chi connectivity index (χ1v) is 9.01. The molecule has 0 bridgehead atoms. The highest BCUT2D eigenvalue weighted by molar-refractivity contribution is 14.0. The molecule has 0 aromatic heterocycles. The molecule has 1 aromatic rings. The largest absolute Gasteiger partial charge is 0.497 e. The number of guanidine groups is 1. The zero-order valence-corrected chi connectivity index (χ0v) is 18.9. The van der Waals surface area contributed by atoms with Gasteiger partial charge in [-0.25, -0.2) is 0 Å². The van der Waals surface area contributed by atoms with Crippen molar-refractivity contribution in [2.24, 2.45) is 10.9 Å². The van der Waals surface area contributed by atoms with Crippen LogP contribution in [0.3, 0.4) is 0 Å². The zero-order valence-electron chi connectivity index (χ0n) is 16.5. The van der Waals surface area contributed by atoms with Crippen molar-refractivity contribution >= 4 is 35.6 Å². The molecular formula is C19H33IN4O2. The summed E-state index contributed by atoms with van der Waals surface area (Å²) in [6, 6.07) is 6.39. The first kappa shape index (κ1) is 22.7. The molecule has 148 valence electrons. The monoisotopic (exact) mass is 476 g/mol. The molecule has 1 fully saturated rings. The minimum atomic E-state index is 0. The van der Waals surface area contributed by atoms with Crippen LogP contribution in [0.25, 0.3) is 0 Å². The van der Waals surface area contributed by atoms with E-state index in [0.717, 1.165) is 55.6 Å². The summed E-state index contributed by atoms with van der Waals surface area (Å²) in [4.78, 5) is 6.69. The van der Waals surface area contributed by atoms with E-state index < -0.39 is 0 Å². The normalized spacial score (nSPS) is 17.1.